The van der Waals surface area contributed by atoms with Crippen molar-refractivity contribution in [3.05, 3.63) is 30.1 Å². The topological polar surface area (TPSA) is 92.3 Å². The summed E-state index contributed by atoms with van der Waals surface area (Å²) >= 11 is 0. The third-order valence-electron chi connectivity index (χ3n) is 3.80. The van der Waals surface area contributed by atoms with Gasteiger partial charge in [0.1, 0.15) is 17.3 Å². The van der Waals surface area contributed by atoms with Crippen molar-refractivity contribution in [2.45, 2.75) is 38.1 Å². The van der Waals surface area contributed by atoms with Gasteiger partial charge in [-0.2, -0.15) is 0 Å². The lowest BCUT2D eigenvalue weighted by molar-refractivity contribution is -0.119. The lowest BCUT2D eigenvalue weighted by atomic mass is 9.95. The molecule has 1 aromatic rings. The highest BCUT2D eigenvalue weighted by Crippen LogP contribution is 2.17. The summed E-state index contributed by atoms with van der Waals surface area (Å²) in [6.45, 7) is 0. The van der Waals surface area contributed by atoms with E-state index in [0.29, 0.717) is 5.69 Å². The van der Waals surface area contributed by atoms with Crippen LogP contribution in [0.1, 0.15) is 32.1 Å². The summed E-state index contributed by atoms with van der Waals surface area (Å²) < 4.78 is 36.7. The van der Waals surface area contributed by atoms with Gasteiger partial charge in [0.05, 0.1) is 0 Å². The quantitative estimate of drug-likeness (QED) is 0.810. The molecular formula is C16H21FN2O4S. The van der Waals surface area contributed by atoms with Gasteiger partial charge in [0.25, 0.3) is 0 Å². The van der Waals surface area contributed by atoms with Gasteiger partial charge < -0.3 is 10.6 Å². The van der Waals surface area contributed by atoms with Gasteiger partial charge in [0, 0.05) is 11.7 Å². The minimum atomic E-state index is -3.86. The maximum atomic E-state index is 12.8. The Morgan fingerprint density at radius 2 is 1.58 bits per heavy atom. The van der Waals surface area contributed by atoms with Crippen molar-refractivity contribution in [2.24, 2.45) is 0 Å². The zero-order chi connectivity index (χ0) is 17.6. The van der Waals surface area contributed by atoms with Crippen LogP contribution in [0.4, 0.5) is 10.1 Å². The molecule has 1 aromatic carbocycles. The molecule has 0 bridgehead atoms. The molecule has 0 heterocycles. The van der Waals surface area contributed by atoms with E-state index < -0.39 is 39.0 Å². The smallest absolute Gasteiger partial charge is 0.239 e. The van der Waals surface area contributed by atoms with Crippen LogP contribution < -0.4 is 10.6 Å². The molecule has 8 heteroatoms. The second-order valence-corrected chi connectivity index (χ2v) is 8.05. The summed E-state index contributed by atoms with van der Waals surface area (Å²) in [5.74, 6) is -3.29. The fourth-order valence-electron chi connectivity index (χ4n) is 2.70. The summed E-state index contributed by atoms with van der Waals surface area (Å²) in [6.07, 6.45) is 4.90. The number of carbonyl (C=O) groups excluding carboxylic acids is 2. The molecule has 1 saturated carbocycles. The van der Waals surface area contributed by atoms with E-state index in [2.05, 4.69) is 10.6 Å². The van der Waals surface area contributed by atoms with Crippen LogP contribution in [0.2, 0.25) is 0 Å². The first kappa shape index (κ1) is 18.4. The first-order valence-electron chi connectivity index (χ1n) is 7.89. The number of hydrogen-bond donors (Lipinski definition) is 2. The van der Waals surface area contributed by atoms with Crippen molar-refractivity contribution in [3.63, 3.8) is 0 Å². The first-order valence-corrected chi connectivity index (χ1v) is 9.71. The van der Waals surface area contributed by atoms with E-state index in [1.54, 1.807) is 0 Å². The Morgan fingerprint density at radius 3 is 2.21 bits per heavy atom. The highest BCUT2D eigenvalue weighted by molar-refractivity contribution is 7.92. The fraction of sp³-hybridized carbons (Fsp3) is 0.500. The predicted molar refractivity (Wildman–Crippen MR) is 88.7 cm³/mol. The van der Waals surface area contributed by atoms with E-state index in [4.69, 9.17) is 0 Å². The Bertz CT molecular complexity index is 683. The number of sulfone groups is 1. The molecule has 0 saturated heterocycles. The molecule has 132 valence electrons. The maximum Gasteiger partial charge on any atom is 0.239 e. The fourth-order valence-corrected chi connectivity index (χ4v) is 3.75. The Balaban J connectivity index is 1.82. The zero-order valence-electron chi connectivity index (χ0n) is 13.3. The minimum Gasteiger partial charge on any atom is -0.352 e. The molecule has 1 fully saturated rings. The number of hydrogen-bond acceptors (Lipinski definition) is 4. The third kappa shape index (κ3) is 6.27. The van der Waals surface area contributed by atoms with Gasteiger partial charge in [-0.15, -0.1) is 0 Å². The van der Waals surface area contributed by atoms with E-state index in [-0.39, 0.29) is 6.04 Å². The van der Waals surface area contributed by atoms with Crippen molar-refractivity contribution in [3.8, 4) is 0 Å². The van der Waals surface area contributed by atoms with Gasteiger partial charge in [-0.25, -0.2) is 12.8 Å². The molecule has 2 amide bonds. The number of halogens is 1. The molecule has 2 rings (SSSR count). The standard InChI is InChI=1S/C16H21FN2O4S/c17-12-6-8-14(9-7-12)19-16(21)11-24(22,23)10-15(20)18-13-4-2-1-3-5-13/h6-9,13H,1-5,10-11H2,(H,18,20)(H,19,21). The number of rotatable bonds is 6. The van der Waals surface area contributed by atoms with Gasteiger partial charge in [-0.3, -0.25) is 9.59 Å². The Hall–Kier alpha value is -1.96. The number of amides is 2. The van der Waals surface area contributed by atoms with Crippen LogP contribution in [-0.2, 0) is 19.4 Å². The average molecular weight is 356 g/mol. The van der Waals surface area contributed by atoms with Crippen molar-refractivity contribution in [1.82, 2.24) is 5.32 Å². The molecule has 6 nitrogen and oxygen atoms in total. The molecular weight excluding hydrogens is 335 g/mol. The van der Waals surface area contributed by atoms with E-state index >= 15 is 0 Å². The normalized spacial score (nSPS) is 15.7. The van der Waals surface area contributed by atoms with Crippen LogP contribution in [0, 0.1) is 5.82 Å². The van der Waals surface area contributed by atoms with Crippen LogP contribution in [-0.4, -0.2) is 37.8 Å². The van der Waals surface area contributed by atoms with Crippen molar-refractivity contribution in [1.29, 1.82) is 0 Å². The molecule has 0 aliphatic heterocycles. The molecule has 1 aliphatic rings. The summed E-state index contributed by atoms with van der Waals surface area (Å²) in [5, 5.41) is 5.08. The minimum absolute atomic E-state index is 0.0227. The second-order valence-electron chi connectivity index (χ2n) is 5.99. The Kier molecular flexibility index (Phi) is 6.30. The van der Waals surface area contributed by atoms with Crippen molar-refractivity contribution in [2.75, 3.05) is 16.8 Å². The number of anilines is 1. The lowest BCUT2D eigenvalue weighted by Crippen LogP contribution is -2.40. The van der Waals surface area contributed by atoms with Crippen molar-refractivity contribution < 1.29 is 22.4 Å². The third-order valence-corrected chi connectivity index (χ3v) is 5.20. The second kappa shape index (κ2) is 8.23. The lowest BCUT2D eigenvalue weighted by Gasteiger charge is -2.22. The average Bonchev–Trinajstić information content (AvgIpc) is 2.49. The van der Waals surface area contributed by atoms with Gasteiger partial charge in [-0.1, -0.05) is 19.3 Å². The van der Waals surface area contributed by atoms with Gasteiger partial charge in [0.2, 0.25) is 11.8 Å². The van der Waals surface area contributed by atoms with E-state index in [1.807, 2.05) is 0 Å². The molecule has 24 heavy (non-hydrogen) atoms. The van der Waals surface area contributed by atoms with Crippen LogP contribution in [0.3, 0.4) is 0 Å². The van der Waals surface area contributed by atoms with Gasteiger partial charge in [-0.05, 0) is 37.1 Å². The maximum absolute atomic E-state index is 12.8. The van der Waals surface area contributed by atoms with Crippen LogP contribution >= 0.6 is 0 Å². The molecule has 0 unspecified atom stereocenters. The predicted octanol–water partition coefficient (Wildman–Crippen LogP) is 1.63. The van der Waals surface area contributed by atoms with Crippen LogP contribution in [0.15, 0.2) is 24.3 Å². The zero-order valence-corrected chi connectivity index (χ0v) is 14.1. The summed E-state index contributed by atoms with van der Waals surface area (Å²) in [5.41, 5.74) is 0.295. The Morgan fingerprint density at radius 1 is 1.00 bits per heavy atom. The SMILES string of the molecule is O=C(CS(=O)(=O)CC(=O)NC1CCCCC1)Nc1ccc(F)cc1. The number of carbonyl (C=O) groups is 2. The Labute approximate surface area is 140 Å². The molecule has 0 radical (unpaired) electrons. The molecule has 0 atom stereocenters. The first-order chi connectivity index (χ1) is 11.3. The monoisotopic (exact) mass is 356 g/mol. The van der Waals surface area contributed by atoms with Gasteiger partial charge in [0.15, 0.2) is 9.84 Å². The molecule has 0 aromatic heterocycles. The van der Waals surface area contributed by atoms with Crippen LogP contribution in [0.25, 0.3) is 0 Å². The van der Waals surface area contributed by atoms with E-state index in [0.717, 1.165) is 44.2 Å². The molecule has 2 N–H and O–H groups in total. The van der Waals surface area contributed by atoms with E-state index in [9.17, 15) is 22.4 Å². The van der Waals surface area contributed by atoms with Crippen molar-refractivity contribution >= 4 is 27.3 Å². The number of nitrogens with one attached hydrogen (secondary N) is 2. The largest absolute Gasteiger partial charge is 0.352 e. The molecule has 0 spiro atoms. The summed E-state index contributed by atoms with van der Waals surface area (Å²) in [7, 11) is -3.86. The highest BCUT2D eigenvalue weighted by atomic mass is 32.2. The van der Waals surface area contributed by atoms with Crippen LogP contribution in [0.5, 0.6) is 0 Å². The summed E-state index contributed by atoms with van der Waals surface area (Å²) in [4.78, 5) is 23.6. The number of benzene rings is 1. The highest BCUT2D eigenvalue weighted by Gasteiger charge is 2.23. The summed E-state index contributed by atoms with van der Waals surface area (Å²) in [6, 6.07) is 4.99. The van der Waals surface area contributed by atoms with Gasteiger partial charge >= 0.3 is 0 Å². The molecule has 1 aliphatic carbocycles. The van der Waals surface area contributed by atoms with E-state index in [1.165, 1.54) is 12.1 Å².